The van der Waals surface area contributed by atoms with Crippen LogP contribution in [0.5, 0.6) is 5.75 Å². The Labute approximate surface area is 114 Å². The fourth-order valence-electron chi connectivity index (χ4n) is 2.57. The lowest BCUT2D eigenvalue weighted by atomic mass is 9.85. The Balaban J connectivity index is 2.01. The Morgan fingerprint density at radius 2 is 2.22 bits per heavy atom. The normalized spacial score (nSPS) is 23.6. The maximum atomic E-state index is 6.05. The van der Waals surface area contributed by atoms with E-state index in [2.05, 4.69) is 11.9 Å². The number of hydrogen-bond donors (Lipinski definition) is 1. The van der Waals surface area contributed by atoms with Crippen molar-refractivity contribution in [2.75, 3.05) is 0 Å². The molecule has 2 rings (SSSR count). The molecule has 1 aliphatic carbocycles. The second-order valence-corrected chi connectivity index (χ2v) is 5.29. The minimum atomic E-state index is 0.325. The van der Waals surface area contributed by atoms with Crippen molar-refractivity contribution >= 4 is 17.2 Å². The van der Waals surface area contributed by atoms with Crippen molar-refractivity contribution in [2.45, 2.75) is 45.1 Å². The van der Waals surface area contributed by atoms with E-state index in [1.807, 2.05) is 12.1 Å². The van der Waals surface area contributed by atoms with Gasteiger partial charge in [-0.1, -0.05) is 25.6 Å². The fourth-order valence-corrected chi connectivity index (χ4v) is 2.69. The molecule has 2 N–H and O–H groups in total. The third-order valence-corrected chi connectivity index (χ3v) is 3.85. The van der Waals surface area contributed by atoms with Crippen LogP contribution in [-0.2, 0) is 0 Å². The molecule has 1 aromatic rings. The van der Waals surface area contributed by atoms with Crippen LogP contribution in [0.15, 0.2) is 18.3 Å². The van der Waals surface area contributed by atoms with Crippen LogP contribution in [-0.4, -0.2) is 16.1 Å². The van der Waals surface area contributed by atoms with Gasteiger partial charge in [-0.2, -0.15) is 0 Å². The highest BCUT2D eigenvalue weighted by atomic mass is 32.1. The molecule has 3 nitrogen and oxygen atoms in total. The number of nitrogens with zero attached hydrogens (tertiary/aromatic N) is 1. The molecular weight excluding hydrogens is 244 g/mol. The van der Waals surface area contributed by atoms with Crippen LogP contribution < -0.4 is 10.5 Å². The van der Waals surface area contributed by atoms with Crippen molar-refractivity contribution in [2.24, 2.45) is 11.7 Å². The van der Waals surface area contributed by atoms with Gasteiger partial charge in [0.2, 0.25) is 0 Å². The zero-order valence-corrected chi connectivity index (χ0v) is 11.6. The minimum Gasteiger partial charge on any atom is -0.489 e. The maximum absolute atomic E-state index is 6.05. The molecule has 2 unspecified atom stereocenters. The Morgan fingerprint density at radius 3 is 2.83 bits per heavy atom. The summed E-state index contributed by atoms with van der Waals surface area (Å²) in [6.45, 7) is 2.24. The molecule has 0 radical (unpaired) electrons. The van der Waals surface area contributed by atoms with Crippen LogP contribution in [0.3, 0.4) is 0 Å². The van der Waals surface area contributed by atoms with Crippen molar-refractivity contribution in [1.29, 1.82) is 0 Å². The Kier molecular flexibility index (Phi) is 4.53. The van der Waals surface area contributed by atoms with Gasteiger partial charge < -0.3 is 10.5 Å². The highest BCUT2D eigenvalue weighted by molar-refractivity contribution is 7.80. The molecule has 0 aromatic carbocycles. The zero-order chi connectivity index (χ0) is 13.0. The van der Waals surface area contributed by atoms with Crippen LogP contribution in [0.25, 0.3) is 0 Å². The summed E-state index contributed by atoms with van der Waals surface area (Å²) in [4.78, 5) is 4.53. The zero-order valence-electron chi connectivity index (χ0n) is 10.8. The molecule has 4 heteroatoms. The molecule has 1 heterocycles. The average molecular weight is 264 g/mol. The number of thiocarbonyl (C=S) groups is 1. The summed E-state index contributed by atoms with van der Waals surface area (Å²) < 4.78 is 6.05. The van der Waals surface area contributed by atoms with Crippen molar-refractivity contribution in [3.05, 3.63) is 24.0 Å². The SMILES string of the molecule is CCC1CCCCC1Oc1ccc(C(N)=S)nc1. The fraction of sp³-hybridized carbons (Fsp3) is 0.571. The molecule has 18 heavy (non-hydrogen) atoms. The second-order valence-electron chi connectivity index (χ2n) is 4.85. The van der Waals surface area contributed by atoms with Gasteiger partial charge in [0.05, 0.1) is 11.9 Å². The molecule has 1 aromatic heterocycles. The molecule has 0 aliphatic heterocycles. The van der Waals surface area contributed by atoms with Crippen LogP contribution in [0, 0.1) is 5.92 Å². The summed E-state index contributed by atoms with van der Waals surface area (Å²) in [7, 11) is 0. The van der Waals surface area contributed by atoms with E-state index in [0.29, 0.717) is 22.7 Å². The quantitative estimate of drug-likeness (QED) is 0.849. The maximum Gasteiger partial charge on any atom is 0.138 e. The van der Waals surface area contributed by atoms with Gasteiger partial charge in [-0.05, 0) is 43.7 Å². The van der Waals surface area contributed by atoms with Crippen molar-refractivity contribution in [1.82, 2.24) is 4.98 Å². The van der Waals surface area contributed by atoms with E-state index in [1.54, 1.807) is 6.20 Å². The van der Waals surface area contributed by atoms with Gasteiger partial charge >= 0.3 is 0 Å². The van der Waals surface area contributed by atoms with Crippen molar-refractivity contribution in [3.63, 3.8) is 0 Å². The molecule has 2 atom stereocenters. The molecule has 0 bridgehead atoms. The Bertz CT molecular complexity index is 405. The first-order valence-corrected chi connectivity index (χ1v) is 7.04. The first-order valence-electron chi connectivity index (χ1n) is 6.63. The van der Waals surface area contributed by atoms with E-state index < -0.39 is 0 Å². The summed E-state index contributed by atoms with van der Waals surface area (Å²) in [6, 6.07) is 3.73. The lowest BCUT2D eigenvalue weighted by Gasteiger charge is -2.31. The number of ether oxygens (including phenoxy) is 1. The largest absolute Gasteiger partial charge is 0.489 e. The third-order valence-electron chi connectivity index (χ3n) is 3.64. The average Bonchev–Trinajstić information content (AvgIpc) is 2.40. The molecule has 0 amide bonds. The van der Waals surface area contributed by atoms with E-state index in [-0.39, 0.29) is 0 Å². The summed E-state index contributed by atoms with van der Waals surface area (Å²) in [5.41, 5.74) is 6.17. The predicted molar refractivity (Wildman–Crippen MR) is 76.8 cm³/mol. The van der Waals surface area contributed by atoms with Gasteiger partial charge in [0, 0.05) is 0 Å². The molecule has 1 aliphatic rings. The first kappa shape index (κ1) is 13.3. The lowest BCUT2D eigenvalue weighted by molar-refractivity contribution is 0.0900. The predicted octanol–water partition coefficient (Wildman–Crippen LogP) is 3.06. The molecule has 1 saturated carbocycles. The standard InChI is InChI=1S/C14H20N2OS/c1-2-10-5-3-4-6-13(10)17-11-7-8-12(14(15)18)16-9-11/h7-10,13H,2-6H2,1H3,(H2,15,18). The van der Waals surface area contributed by atoms with Crippen LogP contribution in [0.1, 0.15) is 44.7 Å². The number of rotatable bonds is 4. The Hall–Kier alpha value is -1.16. The van der Waals surface area contributed by atoms with Gasteiger partial charge in [-0.3, -0.25) is 0 Å². The van der Waals surface area contributed by atoms with Crippen LogP contribution >= 0.6 is 12.2 Å². The van der Waals surface area contributed by atoms with E-state index in [1.165, 1.54) is 25.7 Å². The molecule has 0 spiro atoms. The number of hydrogen-bond acceptors (Lipinski definition) is 3. The van der Waals surface area contributed by atoms with Crippen molar-refractivity contribution in [3.8, 4) is 5.75 Å². The van der Waals surface area contributed by atoms with E-state index in [9.17, 15) is 0 Å². The lowest BCUT2D eigenvalue weighted by Crippen LogP contribution is -2.30. The number of pyridine rings is 1. The van der Waals surface area contributed by atoms with E-state index in [4.69, 9.17) is 22.7 Å². The van der Waals surface area contributed by atoms with E-state index >= 15 is 0 Å². The van der Waals surface area contributed by atoms with Gasteiger partial charge in [0.25, 0.3) is 0 Å². The summed E-state index contributed by atoms with van der Waals surface area (Å²) in [6.07, 6.45) is 8.26. The van der Waals surface area contributed by atoms with Gasteiger partial charge in [-0.25, -0.2) is 4.98 Å². The van der Waals surface area contributed by atoms with Crippen LogP contribution in [0.4, 0.5) is 0 Å². The molecule has 1 fully saturated rings. The third kappa shape index (κ3) is 3.19. The van der Waals surface area contributed by atoms with Gasteiger partial charge in [-0.15, -0.1) is 0 Å². The van der Waals surface area contributed by atoms with Crippen molar-refractivity contribution < 1.29 is 4.74 Å². The summed E-state index contributed by atoms with van der Waals surface area (Å²) >= 11 is 4.88. The highest BCUT2D eigenvalue weighted by Gasteiger charge is 2.25. The number of nitrogens with two attached hydrogens (primary N) is 1. The van der Waals surface area contributed by atoms with E-state index in [0.717, 1.165) is 12.2 Å². The Morgan fingerprint density at radius 1 is 1.44 bits per heavy atom. The van der Waals surface area contributed by atoms with Crippen LogP contribution in [0.2, 0.25) is 0 Å². The molecular formula is C14H20N2OS. The molecule has 0 saturated heterocycles. The van der Waals surface area contributed by atoms with Gasteiger partial charge in [0.1, 0.15) is 16.8 Å². The highest BCUT2D eigenvalue weighted by Crippen LogP contribution is 2.30. The first-order chi connectivity index (χ1) is 8.70. The summed E-state index contributed by atoms with van der Waals surface area (Å²) in [5, 5.41) is 0. The smallest absolute Gasteiger partial charge is 0.138 e. The molecule has 98 valence electrons. The number of aromatic nitrogens is 1. The summed E-state index contributed by atoms with van der Waals surface area (Å²) in [5.74, 6) is 1.49. The minimum absolute atomic E-state index is 0.325. The topological polar surface area (TPSA) is 48.1 Å². The second kappa shape index (κ2) is 6.14. The monoisotopic (exact) mass is 264 g/mol. The van der Waals surface area contributed by atoms with Gasteiger partial charge in [0.15, 0.2) is 0 Å².